The zero-order chi connectivity index (χ0) is 13.8. The molecule has 0 heterocycles. The van der Waals surface area contributed by atoms with Crippen LogP contribution in [0.4, 0.5) is 0 Å². The van der Waals surface area contributed by atoms with Gasteiger partial charge in [-0.1, -0.05) is 39.1 Å². The van der Waals surface area contributed by atoms with Gasteiger partial charge in [0, 0.05) is 26.6 Å². The van der Waals surface area contributed by atoms with E-state index in [1.807, 2.05) is 18.2 Å². The highest BCUT2D eigenvalue weighted by Crippen LogP contribution is 2.25. The van der Waals surface area contributed by atoms with Gasteiger partial charge in [0.05, 0.1) is 0 Å². The van der Waals surface area contributed by atoms with E-state index in [1.165, 1.54) is 0 Å². The molecular weight excluding hydrogens is 349 g/mol. The fourth-order valence-electron chi connectivity index (χ4n) is 1.61. The lowest BCUT2D eigenvalue weighted by molar-refractivity contribution is 0.306. The van der Waals surface area contributed by atoms with Crippen molar-refractivity contribution in [1.29, 1.82) is 0 Å². The van der Waals surface area contributed by atoms with Gasteiger partial charge < -0.3 is 10.5 Å². The molecule has 0 fully saturated rings. The lowest BCUT2D eigenvalue weighted by Crippen LogP contribution is -2.00. The van der Waals surface area contributed by atoms with E-state index in [4.69, 9.17) is 33.7 Å². The van der Waals surface area contributed by atoms with Crippen LogP contribution in [0.3, 0.4) is 0 Å². The van der Waals surface area contributed by atoms with E-state index in [2.05, 4.69) is 15.9 Å². The van der Waals surface area contributed by atoms with Gasteiger partial charge in [0.1, 0.15) is 12.4 Å². The Balaban J connectivity index is 2.12. The van der Waals surface area contributed by atoms with Crippen molar-refractivity contribution < 1.29 is 4.74 Å². The third-order valence-corrected chi connectivity index (χ3v) is 4.02. The fourth-order valence-corrected chi connectivity index (χ4v) is 2.39. The molecule has 0 radical (unpaired) electrons. The lowest BCUT2D eigenvalue weighted by Gasteiger charge is -2.10. The minimum atomic E-state index is 0.366. The van der Waals surface area contributed by atoms with Crippen LogP contribution in [0.2, 0.25) is 10.0 Å². The first kappa shape index (κ1) is 14.7. The largest absolute Gasteiger partial charge is 0.489 e. The Bertz CT molecular complexity index is 590. The predicted octanol–water partition coefficient (Wildman–Crippen LogP) is 4.79. The quantitative estimate of drug-likeness (QED) is 0.850. The Hall–Kier alpha value is -0.740. The van der Waals surface area contributed by atoms with Crippen LogP contribution < -0.4 is 10.5 Å². The molecule has 5 heteroatoms. The second-order valence-electron chi connectivity index (χ2n) is 3.98. The Morgan fingerprint density at radius 2 is 1.84 bits per heavy atom. The Morgan fingerprint density at radius 3 is 2.58 bits per heavy atom. The second kappa shape index (κ2) is 6.62. The minimum absolute atomic E-state index is 0.366. The minimum Gasteiger partial charge on any atom is -0.489 e. The highest BCUT2D eigenvalue weighted by molar-refractivity contribution is 9.10. The molecule has 19 heavy (non-hydrogen) atoms. The molecule has 0 amide bonds. The van der Waals surface area contributed by atoms with E-state index in [1.54, 1.807) is 18.2 Å². The monoisotopic (exact) mass is 359 g/mol. The average molecular weight is 361 g/mol. The van der Waals surface area contributed by atoms with Crippen molar-refractivity contribution in [2.45, 2.75) is 13.2 Å². The molecule has 0 saturated carbocycles. The normalized spacial score (nSPS) is 10.5. The molecular formula is C14H12BrCl2NO. The van der Waals surface area contributed by atoms with Crippen molar-refractivity contribution >= 4 is 39.1 Å². The Morgan fingerprint density at radius 1 is 1.05 bits per heavy atom. The Labute approximate surface area is 130 Å². The van der Waals surface area contributed by atoms with Crippen molar-refractivity contribution in [2.24, 2.45) is 5.73 Å². The molecule has 2 rings (SSSR count). The molecule has 0 bridgehead atoms. The van der Waals surface area contributed by atoms with Gasteiger partial charge in [-0.05, 0) is 42.0 Å². The summed E-state index contributed by atoms with van der Waals surface area (Å²) in [6.07, 6.45) is 0. The maximum atomic E-state index is 6.08. The van der Waals surface area contributed by atoms with E-state index in [-0.39, 0.29) is 0 Å². The predicted molar refractivity (Wildman–Crippen MR) is 82.8 cm³/mol. The van der Waals surface area contributed by atoms with Crippen molar-refractivity contribution in [3.63, 3.8) is 0 Å². The smallest absolute Gasteiger partial charge is 0.120 e. The van der Waals surface area contributed by atoms with Crippen LogP contribution in [0.1, 0.15) is 11.1 Å². The molecule has 0 aliphatic rings. The topological polar surface area (TPSA) is 35.2 Å². The lowest BCUT2D eigenvalue weighted by atomic mass is 10.2. The summed E-state index contributed by atoms with van der Waals surface area (Å²) in [5, 5.41) is 1.28. The maximum absolute atomic E-state index is 6.08. The number of ether oxygens (including phenoxy) is 1. The van der Waals surface area contributed by atoms with Crippen molar-refractivity contribution in [3.8, 4) is 5.75 Å². The molecule has 100 valence electrons. The summed E-state index contributed by atoms with van der Waals surface area (Å²) in [6, 6.07) is 11.0. The van der Waals surface area contributed by atoms with Gasteiger partial charge in [0.25, 0.3) is 0 Å². The van der Waals surface area contributed by atoms with E-state index in [0.717, 1.165) is 21.3 Å². The van der Waals surface area contributed by atoms with Crippen LogP contribution in [0.15, 0.2) is 40.9 Å². The van der Waals surface area contributed by atoms with Crippen LogP contribution >= 0.6 is 39.1 Å². The van der Waals surface area contributed by atoms with E-state index < -0.39 is 0 Å². The molecule has 0 saturated heterocycles. The zero-order valence-electron chi connectivity index (χ0n) is 10.00. The number of hydrogen-bond donors (Lipinski definition) is 1. The van der Waals surface area contributed by atoms with Gasteiger partial charge in [0.2, 0.25) is 0 Å². The van der Waals surface area contributed by atoms with Crippen LogP contribution in [-0.2, 0) is 13.2 Å². The van der Waals surface area contributed by atoms with E-state index >= 15 is 0 Å². The molecule has 0 aliphatic carbocycles. The molecule has 0 spiro atoms. The molecule has 2 aromatic rings. The summed E-state index contributed by atoms with van der Waals surface area (Å²) >= 11 is 15.4. The number of nitrogens with two attached hydrogens (primary N) is 1. The molecule has 2 aromatic carbocycles. The Kier molecular flexibility index (Phi) is 5.11. The summed E-state index contributed by atoms with van der Waals surface area (Å²) in [7, 11) is 0. The van der Waals surface area contributed by atoms with Gasteiger partial charge in [0.15, 0.2) is 0 Å². The average Bonchev–Trinajstić information content (AvgIpc) is 2.41. The van der Waals surface area contributed by atoms with Crippen LogP contribution in [0, 0.1) is 0 Å². The third kappa shape index (κ3) is 3.86. The van der Waals surface area contributed by atoms with Crippen molar-refractivity contribution in [1.82, 2.24) is 0 Å². The number of halogens is 3. The van der Waals surface area contributed by atoms with Crippen LogP contribution in [-0.4, -0.2) is 0 Å². The standard InChI is InChI=1S/C14H12BrCl2NO/c15-13-3-2-12(6-9(13)7-18)19-8-10-5-11(16)1-4-14(10)17/h1-6H,7-8,18H2. The van der Waals surface area contributed by atoms with E-state index in [0.29, 0.717) is 23.2 Å². The highest BCUT2D eigenvalue weighted by atomic mass is 79.9. The number of benzene rings is 2. The summed E-state index contributed by atoms with van der Waals surface area (Å²) in [5.74, 6) is 0.750. The highest BCUT2D eigenvalue weighted by Gasteiger charge is 2.04. The molecule has 2 nitrogen and oxygen atoms in total. The first-order valence-electron chi connectivity index (χ1n) is 5.65. The van der Waals surface area contributed by atoms with Gasteiger partial charge >= 0.3 is 0 Å². The van der Waals surface area contributed by atoms with Gasteiger partial charge in [-0.25, -0.2) is 0 Å². The van der Waals surface area contributed by atoms with Crippen LogP contribution in [0.5, 0.6) is 5.75 Å². The first-order valence-corrected chi connectivity index (χ1v) is 7.20. The maximum Gasteiger partial charge on any atom is 0.120 e. The number of rotatable bonds is 4. The molecule has 0 unspecified atom stereocenters. The van der Waals surface area contributed by atoms with Crippen LogP contribution in [0.25, 0.3) is 0 Å². The van der Waals surface area contributed by atoms with Gasteiger partial charge in [-0.3, -0.25) is 0 Å². The molecule has 0 aromatic heterocycles. The number of hydrogen-bond acceptors (Lipinski definition) is 2. The van der Waals surface area contributed by atoms with Crippen molar-refractivity contribution in [3.05, 3.63) is 62.0 Å². The van der Waals surface area contributed by atoms with Gasteiger partial charge in [-0.15, -0.1) is 0 Å². The second-order valence-corrected chi connectivity index (χ2v) is 5.68. The summed E-state index contributed by atoms with van der Waals surface area (Å²) in [5.41, 5.74) is 7.49. The SMILES string of the molecule is NCc1cc(OCc2cc(Cl)ccc2Cl)ccc1Br. The fraction of sp³-hybridized carbons (Fsp3) is 0.143. The molecule has 0 atom stereocenters. The zero-order valence-corrected chi connectivity index (χ0v) is 13.1. The summed E-state index contributed by atoms with van der Waals surface area (Å²) < 4.78 is 6.68. The molecule has 0 aliphatic heterocycles. The molecule has 2 N–H and O–H groups in total. The third-order valence-electron chi connectivity index (χ3n) is 2.64. The van der Waals surface area contributed by atoms with E-state index in [9.17, 15) is 0 Å². The van der Waals surface area contributed by atoms with Crippen molar-refractivity contribution in [2.75, 3.05) is 0 Å². The summed E-state index contributed by atoms with van der Waals surface area (Å²) in [6.45, 7) is 0.820. The first-order chi connectivity index (χ1) is 9.10. The summed E-state index contributed by atoms with van der Waals surface area (Å²) in [4.78, 5) is 0. The van der Waals surface area contributed by atoms with Gasteiger partial charge in [-0.2, -0.15) is 0 Å².